The Hall–Kier alpha value is -2.37. The Morgan fingerprint density at radius 3 is 2.70 bits per heavy atom. The van der Waals surface area contributed by atoms with Gasteiger partial charge in [-0.25, -0.2) is 8.78 Å². The second-order valence-electron chi connectivity index (χ2n) is 7.07. The topological polar surface area (TPSA) is 58.6 Å². The van der Waals surface area contributed by atoms with E-state index in [2.05, 4.69) is 5.32 Å². The quantitative estimate of drug-likeness (QED) is 0.609. The van der Waals surface area contributed by atoms with E-state index in [0.29, 0.717) is 11.6 Å². The number of hydrogen-bond donors (Lipinski definition) is 2. The summed E-state index contributed by atoms with van der Waals surface area (Å²) in [6, 6.07) is 8.01. The molecule has 0 spiro atoms. The highest BCUT2D eigenvalue weighted by Gasteiger charge is 2.28. The first kappa shape index (κ1) is 19.4. The zero-order chi connectivity index (χ0) is 19.2. The Balaban J connectivity index is 1.73. The van der Waals surface area contributed by atoms with Crippen molar-refractivity contribution in [1.82, 2.24) is 0 Å². The average molecular weight is 377 g/mol. The normalized spacial score (nSPS) is 20.5. The summed E-state index contributed by atoms with van der Waals surface area (Å²) in [5.41, 5.74) is 2.31. The van der Waals surface area contributed by atoms with Gasteiger partial charge in [-0.05, 0) is 37.0 Å². The van der Waals surface area contributed by atoms with Crippen LogP contribution in [0.3, 0.4) is 0 Å². The Bertz CT molecular complexity index is 739. The van der Waals surface area contributed by atoms with Crippen molar-refractivity contribution >= 4 is 17.2 Å². The number of hydrogen-bond acceptors (Lipinski definition) is 3. The number of nitrogens with one attached hydrogen (secondary N) is 1. The van der Waals surface area contributed by atoms with Gasteiger partial charge in [0.05, 0.1) is 6.61 Å². The molecule has 0 amide bonds. The van der Waals surface area contributed by atoms with E-state index < -0.39 is 18.0 Å². The van der Waals surface area contributed by atoms with E-state index in [9.17, 15) is 13.6 Å². The Morgan fingerprint density at radius 2 is 2.00 bits per heavy atom. The molecule has 27 heavy (non-hydrogen) atoms. The molecule has 2 aliphatic rings. The predicted molar refractivity (Wildman–Crippen MR) is 101 cm³/mol. The third-order valence-electron chi connectivity index (χ3n) is 5.00. The van der Waals surface area contributed by atoms with E-state index in [1.807, 2.05) is 24.3 Å². The lowest BCUT2D eigenvalue weighted by atomic mass is 9.93. The molecule has 1 atom stereocenters. The highest BCUT2D eigenvalue weighted by Crippen LogP contribution is 2.37. The van der Waals surface area contributed by atoms with E-state index in [0.717, 1.165) is 24.1 Å². The largest absolute Gasteiger partial charge is 0.492 e. The van der Waals surface area contributed by atoms with Crippen molar-refractivity contribution in [3.8, 4) is 0 Å². The molecule has 0 bridgehead atoms. The third kappa shape index (κ3) is 5.08. The molecular formula is C21H25F2NO3. The number of para-hydroxylation sites is 1. The number of carboxylic acid groups (broad SMARTS) is 1. The van der Waals surface area contributed by atoms with Gasteiger partial charge in [-0.2, -0.15) is 0 Å². The number of carbonyl (C=O) groups is 1. The van der Waals surface area contributed by atoms with Gasteiger partial charge < -0.3 is 15.2 Å². The number of carboxylic acids is 1. The number of ether oxygens (including phenoxy) is 1. The van der Waals surface area contributed by atoms with E-state index in [-0.39, 0.29) is 31.6 Å². The van der Waals surface area contributed by atoms with E-state index in [1.165, 1.54) is 18.9 Å². The van der Waals surface area contributed by atoms with Gasteiger partial charge in [-0.15, -0.1) is 0 Å². The summed E-state index contributed by atoms with van der Waals surface area (Å²) in [6.45, 7) is -0.0154. The van der Waals surface area contributed by atoms with Gasteiger partial charge in [0.25, 0.3) is 0 Å². The minimum atomic E-state index is -1.57. The number of halogens is 2. The van der Waals surface area contributed by atoms with Gasteiger partial charge in [0, 0.05) is 30.1 Å². The molecule has 146 valence electrons. The first-order valence-electron chi connectivity index (χ1n) is 9.49. The lowest BCUT2D eigenvalue weighted by molar-refractivity contribution is -0.137. The van der Waals surface area contributed by atoms with Gasteiger partial charge in [0.1, 0.15) is 0 Å². The smallest absolute Gasteiger partial charge is 0.303 e. The van der Waals surface area contributed by atoms with Gasteiger partial charge in [0.2, 0.25) is 0 Å². The second kappa shape index (κ2) is 9.02. The molecule has 0 aromatic heterocycles. The molecule has 4 nitrogen and oxygen atoms in total. The summed E-state index contributed by atoms with van der Waals surface area (Å²) in [5.74, 6) is -2.01. The minimum Gasteiger partial charge on any atom is -0.492 e. The van der Waals surface area contributed by atoms with Crippen LogP contribution in [0.25, 0.3) is 5.57 Å². The fourth-order valence-electron chi connectivity index (χ4n) is 3.65. The molecule has 6 heteroatoms. The number of rotatable bonds is 8. The molecule has 0 radical (unpaired) electrons. The molecule has 1 fully saturated rings. The molecule has 0 heterocycles. The Morgan fingerprint density at radius 1 is 1.26 bits per heavy atom. The molecule has 0 aliphatic heterocycles. The van der Waals surface area contributed by atoms with Crippen LogP contribution in [0.4, 0.5) is 14.5 Å². The molecule has 1 aromatic carbocycles. The van der Waals surface area contributed by atoms with Crippen molar-refractivity contribution < 1.29 is 23.4 Å². The summed E-state index contributed by atoms with van der Waals surface area (Å²) in [4.78, 5) is 10.5. The van der Waals surface area contributed by atoms with Crippen LogP contribution in [0.5, 0.6) is 0 Å². The van der Waals surface area contributed by atoms with Gasteiger partial charge in [-0.3, -0.25) is 4.79 Å². The number of benzene rings is 1. The Labute approximate surface area is 157 Å². The van der Waals surface area contributed by atoms with E-state index in [4.69, 9.17) is 9.84 Å². The average Bonchev–Trinajstić information content (AvgIpc) is 3.13. The van der Waals surface area contributed by atoms with Gasteiger partial charge >= 0.3 is 5.97 Å². The standard InChI is InChI=1S/C21H25F2NO3/c22-17-12-14(13-18(23)21(17)27-11-5-10-20(25)26)16-8-3-4-9-19(16)24-15-6-1-2-7-15/h3-4,8-9,12,15,18,24H,1-2,5-7,10-11,13H2,(H,25,26). The second-order valence-corrected chi connectivity index (χ2v) is 7.07. The van der Waals surface area contributed by atoms with Crippen LogP contribution in [0.2, 0.25) is 0 Å². The zero-order valence-corrected chi connectivity index (χ0v) is 15.2. The highest BCUT2D eigenvalue weighted by atomic mass is 19.1. The maximum absolute atomic E-state index is 14.6. The number of anilines is 1. The van der Waals surface area contributed by atoms with Crippen LogP contribution in [0, 0.1) is 0 Å². The fraction of sp³-hybridized carbons (Fsp3) is 0.476. The van der Waals surface area contributed by atoms with Crippen LogP contribution in [-0.4, -0.2) is 29.9 Å². The highest BCUT2D eigenvalue weighted by molar-refractivity contribution is 5.79. The Kier molecular flexibility index (Phi) is 6.48. The number of alkyl halides is 1. The molecular weight excluding hydrogens is 352 g/mol. The predicted octanol–water partition coefficient (Wildman–Crippen LogP) is 5.23. The first-order valence-corrected chi connectivity index (χ1v) is 9.49. The summed E-state index contributed by atoms with van der Waals surface area (Å²) in [5, 5.41) is 12.1. The van der Waals surface area contributed by atoms with Crippen LogP contribution in [-0.2, 0) is 9.53 Å². The van der Waals surface area contributed by atoms with E-state index >= 15 is 0 Å². The van der Waals surface area contributed by atoms with Crippen molar-refractivity contribution in [2.45, 2.75) is 57.2 Å². The molecule has 1 aromatic rings. The maximum Gasteiger partial charge on any atom is 0.303 e. The third-order valence-corrected chi connectivity index (χ3v) is 5.00. The van der Waals surface area contributed by atoms with Crippen LogP contribution in [0.15, 0.2) is 41.9 Å². The lowest BCUT2D eigenvalue weighted by Gasteiger charge is -2.23. The summed E-state index contributed by atoms with van der Waals surface area (Å²) < 4.78 is 34.2. The molecule has 0 saturated heterocycles. The number of allylic oxidation sites excluding steroid dienone is 4. The van der Waals surface area contributed by atoms with Crippen molar-refractivity contribution in [2.75, 3.05) is 11.9 Å². The SMILES string of the molecule is O=C(O)CCCOC1=C(F)C=C(c2ccccc2NC2CCCC2)CC1F. The van der Waals surface area contributed by atoms with Gasteiger partial charge in [0.15, 0.2) is 17.8 Å². The summed E-state index contributed by atoms with van der Waals surface area (Å²) >= 11 is 0. The first-order chi connectivity index (χ1) is 13.0. The molecule has 3 rings (SSSR count). The van der Waals surface area contributed by atoms with Crippen LogP contribution in [0.1, 0.15) is 50.5 Å². The fourth-order valence-corrected chi connectivity index (χ4v) is 3.65. The van der Waals surface area contributed by atoms with Crippen molar-refractivity contribution in [3.63, 3.8) is 0 Å². The van der Waals surface area contributed by atoms with Crippen molar-refractivity contribution in [3.05, 3.63) is 47.5 Å². The molecule has 1 saturated carbocycles. The molecule has 2 N–H and O–H groups in total. The van der Waals surface area contributed by atoms with Crippen molar-refractivity contribution in [1.29, 1.82) is 0 Å². The van der Waals surface area contributed by atoms with Crippen LogP contribution >= 0.6 is 0 Å². The summed E-state index contributed by atoms with van der Waals surface area (Å²) in [6.07, 6.45) is 4.54. The van der Waals surface area contributed by atoms with Gasteiger partial charge in [-0.1, -0.05) is 31.0 Å². The maximum atomic E-state index is 14.6. The van der Waals surface area contributed by atoms with E-state index in [1.54, 1.807) is 0 Å². The lowest BCUT2D eigenvalue weighted by Crippen LogP contribution is -2.18. The van der Waals surface area contributed by atoms with Crippen LogP contribution < -0.4 is 5.32 Å². The minimum absolute atomic E-state index is 0.0154. The van der Waals surface area contributed by atoms with Crippen molar-refractivity contribution in [2.24, 2.45) is 0 Å². The number of aliphatic carboxylic acids is 1. The monoisotopic (exact) mass is 377 g/mol. The summed E-state index contributed by atoms with van der Waals surface area (Å²) in [7, 11) is 0. The molecule has 1 unspecified atom stereocenters. The molecule has 2 aliphatic carbocycles. The zero-order valence-electron chi connectivity index (χ0n) is 15.2.